The average molecular weight is 280 g/mol. The van der Waals surface area contributed by atoms with Gasteiger partial charge in [0.15, 0.2) is 0 Å². The summed E-state index contributed by atoms with van der Waals surface area (Å²) in [7, 11) is 0. The van der Waals surface area contributed by atoms with Crippen molar-refractivity contribution in [1.29, 1.82) is 0 Å². The molecule has 0 aromatic heterocycles. The molecule has 0 heterocycles. The largest absolute Gasteiger partial charge is 0.310 e. The first-order valence-corrected chi connectivity index (χ1v) is 6.59. The van der Waals surface area contributed by atoms with E-state index in [1.54, 1.807) is 0 Å². The first-order chi connectivity index (χ1) is 7.65. The number of hydrogen-bond acceptors (Lipinski definition) is 1. The number of rotatable bonds is 3. The molecule has 0 bridgehead atoms. The topological polar surface area (TPSA) is 12.0 Å². The third-order valence-electron chi connectivity index (χ3n) is 3.09. The molecule has 1 atom stereocenters. The molecule has 1 aromatic carbocycles. The lowest BCUT2D eigenvalue weighted by atomic mass is 9.88. The summed E-state index contributed by atoms with van der Waals surface area (Å²) in [5, 5.41) is 3.57. The van der Waals surface area contributed by atoms with E-state index in [2.05, 4.69) is 52.9 Å². The van der Waals surface area contributed by atoms with E-state index in [9.17, 15) is 0 Å². The summed E-state index contributed by atoms with van der Waals surface area (Å²) >= 11 is 3.53. The summed E-state index contributed by atoms with van der Waals surface area (Å²) < 4.78 is 1.19. The Hall–Kier alpha value is -0.600. The van der Waals surface area contributed by atoms with Gasteiger partial charge in [-0.3, -0.25) is 0 Å². The molecule has 1 aliphatic carbocycles. The smallest absolute Gasteiger partial charge is 0.0178 e. The Balaban J connectivity index is 2.01. The van der Waals surface area contributed by atoms with Gasteiger partial charge in [0.1, 0.15) is 0 Å². The van der Waals surface area contributed by atoms with Crippen LogP contribution in [-0.2, 0) is 12.8 Å². The SMILES string of the molecule is C=C(C)CNC1CCc2cc(Br)ccc2C1. The van der Waals surface area contributed by atoms with Gasteiger partial charge in [-0.15, -0.1) is 0 Å². The molecule has 0 spiro atoms. The maximum Gasteiger partial charge on any atom is 0.0178 e. The van der Waals surface area contributed by atoms with Crippen LogP contribution in [0, 0.1) is 0 Å². The van der Waals surface area contributed by atoms with Gasteiger partial charge in [0.05, 0.1) is 0 Å². The molecule has 0 fully saturated rings. The Morgan fingerprint density at radius 3 is 3.06 bits per heavy atom. The van der Waals surface area contributed by atoms with Crippen molar-refractivity contribution in [2.75, 3.05) is 6.54 Å². The monoisotopic (exact) mass is 279 g/mol. The first kappa shape index (κ1) is 11.9. The lowest BCUT2D eigenvalue weighted by Crippen LogP contribution is -2.35. The van der Waals surface area contributed by atoms with Gasteiger partial charge < -0.3 is 5.32 Å². The highest BCUT2D eigenvalue weighted by Crippen LogP contribution is 2.24. The number of halogens is 1. The van der Waals surface area contributed by atoms with Gasteiger partial charge in [0.25, 0.3) is 0 Å². The van der Waals surface area contributed by atoms with Crippen LogP contribution in [0.25, 0.3) is 0 Å². The second-order valence-electron chi connectivity index (χ2n) is 4.69. The lowest BCUT2D eigenvalue weighted by Gasteiger charge is -2.25. The summed E-state index contributed by atoms with van der Waals surface area (Å²) in [5.41, 5.74) is 4.21. The number of nitrogens with one attached hydrogen (secondary N) is 1. The molecular weight excluding hydrogens is 262 g/mol. The number of hydrogen-bond donors (Lipinski definition) is 1. The third kappa shape index (κ3) is 2.96. The molecule has 1 N–H and O–H groups in total. The normalized spacial score (nSPS) is 19.2. The van der Waals surface area contributed by atoms with E-state index in [4.69, 9.17) is 0 Å². The molecule has 1 nitrogen and oxygen atoms in total. The molecule has 2 heteroatoms. The van der Waals surface area contributed by atoms with Gasteiger partial charge in [-0.05, 0) is 49.4 Å². The average Bonchev–Trinajstić information content (AvgIpc) is 2.26. The number of fused-ring (bicyclic) bond motifs is 1. The number of aryl methyl sites for hydroxylation is 1. The Bertz CT molecular complexity index is 398. The van der Waals surface area contributed by atoms with E-state index in [0.717, 1.165) is 13.0 Å². The Morgan fingerprint density at radius 2 is 2.31 bits per heavy atom. The van der Waals surface area contributed by atoms with Crippen LogP contribution in [0.1, 0.15) is 24.5 Å². The van der Waals surface area contributed by atoms with E-state index in [0.29, 0.717) is 6.04 Å². The van der Waals surface area contributed by atoms with Crippen molar-refractivity contribution in [3.8, 4) is 0 Å². The quantitative estimate of drug-likeness (QED) is 0.836. The Morgan fingerprint density at radius 1 is 1.50 bits per heavy atom. The van der Waals surface area contributed by atoms with Crippen LogP contribution in [0.3, 0.4) is 0 Å². The van der Waals surface area contributed by atoms with Crippen molar-refractivity contribution in [2.24, 2.45) is 0 Å². The molecule has 0 amide bonds. The van der Waals surface area contributed by atoms with Gasteiger partial charge >= 0.3 is 0 Å². The summed E-state index contributed by atoms with van der Waals surface area (Å²) in [6.45, 7) is 6.94. The molecule has 16 heavy (non-hydrogen) atoms. The summed E-state index contributed by atoms with van der Waals surface area (Å²) in [4.78, 5) is 0. The van der Waals surface area contributed by atoms with Crippen molar-refractivity contribution < 1.29 is 0 Å². The van der Waals surface area contributed by atoms with Crippen molar-refractivity contribution in [2.45, 2.75) is 32.2 Å². The predicted octanol–water partition coefficient (Wildman–Crippen LogP) is 3.47. The zero-order valence-electron chi connectivity index (χ0n) is 9.72. The molecule has 0 saturated heterocycles. The van der Waals surface area contributed by atoms with E-state index in [-0.39, 0.29) is 0 Å². The van der Waals surface area contributed by atoms with Crippen LogP contribution in [0.5, 0.6) is 0 Å². The van der Waals surface area contributed by atoms with Crippen molar-refractivity contribution in [3.63, 3.8) is 0 Å². The van der Waals surface area contributed by atoms with Gasteiger partial charge in [-0.1, -0.05) is 34.1 Å². The van der Waals surface area contributed by atoms with Gasteiger partial charge in [0.2, 0.25) is 0 Å². The zero-order chi connectivity index (χ0) is 11.5. The molecule has 1 unspecified atom stereocenters. The second-order valence-corrected chi connectivity index (χ2v) is 5.61. The Labute approximate surface area is 106 Å². The van der Waals surface area contributed by atoms with E-state index >= 15 is 0 Å². The molecule has 1 aliphatic rings. The maximum atomic E-state index is 3.93. The molecule has 0 saturated carbocycles. The predicted molar refractivity (Wildman–Crippen MR) is 72.8 cm³/mol. The molecule has 1 aromatic rings. The fourth-order valence-electron chi connectivity index (χ4n) is 2.22. The van der Waals surface area contributed by atoms with Crippen LogP contribution < -0.4 is 5.32 Å². The summed E-state index contributed by atoms with van der Waals surface area (Å²) in [5.74, 6) is 0. The molecule has 86 valence electrons. The first-order valence-electron chi connectivity index (χ1n) is 5.80. The zero-order valence-corrected chi connectivity index (χ0v) is 11.3. The number of benzene rings is 1. The minimum absolute atomic E-state index is 0.616. The summed E-state index contributed by atoms with van der Waals surface area (Å²) in [6, 6.07) is 7.25. The molecular formula is C14H18BrN. The van der Waals surface area contributed by atoms with Gasteiger partial charge in [0, 0.05) is 17.1 Å². The van der Waals surface area contributed by atoms with Crippen LogP contribution in [-0.4, -0.2) is 12.6 Å². The second kappa shape index (κ2) is 5.15. The fourth-order valence-corrected chi connectivity index (χ4v) is 2.62. The lowest BCUT2D eigenvalue weighted by molar-refractivity contribution is 0.475. The highest BCUT2D eigenvalue weighted by molar-refractivity contribution is 9.10. The standard InChI is InChI=1S/C14H18BrN/c1-10(2)9-16-14-6-4-11-7-13(15)5-3-12(11)8-14/h3,5,7,14,16H,1,4,6,8-9H2,2H3. The maximum absolute atomic E-state index is 3.93. The highest BCUT2D eigenvalue weighted by Gasteiger charge is 2.17. The van der Waals surface area contributed by atoms with Crippen molar-refractivity contribution in [1.82, 2.24) is 5.32 Å². The Kier molecular flexibility index (Phi) is 3.82. The molecule has 0 aliphatic heterocycles. The molecule has 0 radical (unpaired) electrons. The van der Waals surface area contributed by atoms with Gasteiger partial charge in [-0.2, -0.15) is 0 Å². The van der Waals surface area contributed by atoms with Crippen LogP contribution in [0.2, 0.25) is 0 Å². The van der Waals surface area contributed by atoms with Gasteiger partial charge in [-0.25, -0.2) is 0 Å². The van der Waals surface area contributed by atoms with Crippen LogP contribution >= 0.6 is 15.9 Å². The fraction of sp³-hybridized carbons (Fsp3) is 0.429. The summed E-state index contributed by atoms with van der Waals surface area (Å²) in [6.07, 6.45) is 3.56. The van der Waals surface area contributed by atoms with Crippen molar-refractivity contribution in [3.05, 3.63) is 46.0 Å². The van der Waals surface area contributed by atoms with E-state index < -0.39 is 0 Å². The molecule has 2 rings (SSSR count). The van der Waals surface area contributed by atoms with E-state index in [1.807, 2.05) is 0 Å². The van der Waals surface area contributed by atoms with Crippen molar-refractivity contribution >= 4 is 15.9 Å². The minimum atomic E-state index is 0.616. The van der Waals surface area contributed by atoms with E-state index in [1.165, 1.54) is 34.0 Å². The van der Waals surface area contributed by atoms with Crippen LogP contribution in [0.15, 0.2) is 34.8 Å². The van der Waals surface area contributed by atoms with Crippen LogP contribution in [0.4, 0.5) is 0 Å². The highest BCUT2D eigenvalue weighted by atomic mass is 79.9. The third-order valence-corrected chi connectivity index (χ3v) is 3.58. The minimum Gasteiger partial charge on any atom is -0.310 e.